The largest absolute Gasteiger partial charge is 0.491 e. The second kappa shape index (κ2) is 5.21. The molecule has 108 valence electrons. The van der Waals surface area contributed by atoms with Crippen molar-refractivity contribution in [2.75, 3.05) is 5.32 Å². The first kappa shape index (κ1) is 13.4. The molecule has 2 heterocycles. The molecule has 0 saturated heterocycles. The Kier molecular flexibility index (Phi) is 3.18. The van der Waals surface area contributed by atoms with Gasteiger partial charge in [0.2, 0.25) is 0 Å². The maximum absolute atomic E-state index is 12.3. The molecule has 3 aromatic rings. The molecule has 2 N–H and O–H groups in total. The van der Waals surface area contributed by atoms with Crippen LogP contribution in [-0.2, 0) is 11.3 Å². The van der Waals surface area contributed by atoms with E-state index in [1.807, 2.05) is 24.3 Å². The molecule has 4 rings (SSSR count). The zero-order chi connectivity index (χ0) is 15.1. The van der Waals surface area contributed by atoms with Crippen LogP contribution in [0.25, 0.3) is 10.2 Å². The van der Waals surface area contributed by atoms with E-state index in [-0.39, 0.29) is 5.91 Å². The van der Waals surface area contributed by atoms with Crippen LogP contribution >= 0.6 is 11.3 Å². The van der Waals surface area contributed by atoms with Crippen molar-refractivity contribution in [2.45, 2.75) is 6.61 Å². The van der Waals surface area contributed by atoms with E-state index in [0.29, 0.717) is 17.6 Å². The molecule has 2 aromatic carbocycles. The second-order valence-electron chi connectivity index (χ2n) is 5.07. The van der Waals surface area contributed by atoms with Crippen LogP contribution in [0.2, 0.25) is 0 Å². The number of carbonyl (C=O) groups excluding carboxylic acids is 1. The summed E-state index contributed by atoms with van der Waals surface area (Å²) in [5.74, 6) is -0.217. The topological polar surface area (TPSA) is 71.5 Å². The van der Waals surface area contributed by atoms with E-state index in [1.165, 1.54) is 11.3 Å². The van der Waals surface area contributed by atoms with E-state index in [1.54, 1.807) is 17.6 Å². The van der Waals surface area contributed by atoms with Gasteiger partial charge < -0.3 is 15.0 Å². The summed E-state index contributed by atoms with van der Waals surface area (Å²) in [7, 11) is -0.948. The molecule has 7 heteroatoms. The molecule has 0 spiro atoms. The summed E-state index contributed by atoms with van der Waals surface area (Å²) in [5, 5.41) is 12.6. The minimum absolute atomic E-state index is 0.217. The summed E-state index contributed by atoms with van der Waals surface area (Å²) in [6, 6.07) is 10.8. The normalized spacial score (nSPS) is 13.4. The standard InChI is InChI=1S/C15H11BN2O3S/c19-15(9-1-2-10-7-21-16(20)12(10)5-9)18-11-3-4-13-14(6-11)22-8-17-13/h1-6,8,20H,7H2,(H,18,19). The van der Waals surface area contributed by atoms with Crippen LogP contribution < -0.4 is 10.8 Å². The van der Waals surface area contributed by atoms with Crippen LogP contribution in [0.5, 0.6) is 0 Å². The highest BCUT2D eigenvalue weighted by molar-refractivity contribution is 7.16. The van der Waals surface area contributed by atoms with Gasteiger partial charge in [-0.2, -0.15) is 0 Å². The summed E-state index contributed by atoms with van der Waals surface area (Å²) in [5.41, 5.74) is 5.48. The van der Waals surface area contributed by atoms with Crippen molar-refractivity contribution in [3.63, 3.8) is 0 Å². The van der Waals surface area contributed by atoms with Gasteiger partial charge in [0.25, 0.3) is 5.91 Å². The Labute approximate surface area is 130 Å². The molecular formula is C15H11BN2O3S. The number of benzene rings is 2. The number of hydrogen-bond donors (Lipinski definition) is 2. The van der Waals surface area contributed by atoms with Crippen LogP contribution in [0.4, 0.5) is 5.69 Å². The number of aromatic nitrogens is 1. The molecule has 0 unspecified atom stereocenters. The number of anilines is 1. The fourth-order valence-electron chi connectivity index (χ4n) is 2.49. The third-order valence-electron chi connectivity index (χ3n) is 3.66. The number of carbonyl (C=O) groups is 1. The summed E-state index contributed by atoms with van der Waals surface area (Å²) < 4.78 is 6.16. The Morgan fingerprint density at radius 2 is 2.23 bits per heavy atom. The fraction of sp³-hybridized carbons (Fsp3) is 0.0667. The maximum atomic E-state index is 12.3. The van der Waals surface area contributed by atoms with Gasteiger partial charge >= 0.3 is 7.12 Å². The molecule has 0 aliphatic carbocycles. The van der Waals surface area contributed by atoms with Gasteiger partial charge in [0.1, 0.15) is 0 Å². The third kappa shape index (κ3) is 2.29. The molecule has 0 saturated carbocycles. The summed E-state index contributed by atoms with van der Waals surface area (Å²) >= 11 is 1.53. The van der Waals surface area contributed by atoms with Gasteiger partial charge in [-0.25, -0.2) is 4.98 Å². The van der Waals surface area contributed by atoms with E-state index in [2.05, 4.69) is 10.3 Å². The summed E-state index contributed by atoms with van der Waals surface area (Å²) in [4.78, 5) is 16.6. The lowest BCUT2D eigenvalue weighted by Crippen LogP contribution is -2.29. The Morgan fingerprint density at radius 3 is 3.14 bits per heavy atom. The van der Waals surface area contributed by atoms with E-state index < -0.39 is 7.12 Å². The molecule has 22 heavy (non-hydrogen) atoms. The highest BCUT2D eigenvalue weighted by Gasteiger charge is 2.27. The Morgan fingerprint density at radius 1 is 1.32 bits per heavy atom. The predicted molar refractivity (Wildman–Crippen MR) is 86.4 cm³/mol. The number of thiazole rings is 1. The molecule has 0 bridgehead atoms. The zero-order valence-corrected chi connectivity index (χ0v) is 12.3. The maximum Gasteiger partial charge on any atom is 0.491 e. The lowest BCUT2D eigenvalue weighted by molar-refractivity contribution is 0.102. The van der Waals surface area contributed by atoms with Crippen molar-refractivity contribution < 1.29 is 14.5 Å². The zero-order valence-electron chi connectivity index (χ0n) is 11.4. The molecule has 1 aromatic heterocycles. The minimum atomic E-state index is -0.948. The van der Waals surface area contributed by atoms with Gasteiger partial charge in [0, 0.05) is 11.3 Å². The van der Waals surface area contributed by atoms with Gasteiger partial charge in [-0.05, 0) is 41.4 Å². The molecule has 5 nitrogen and oxygen atoms in total. The fourth-order valence-corrected chi connectivity index (χ4v) is 3.21. The SMILES string of the molecule is O=C(Nc1ccc2ncsc2c1)c1ccc2c(c1)B(O)OC2. The molecule has 0 radical (unpaired) electrons. The average Bonchev–Trinajstić information content (AvgIpc) is 3.13. The molecule has 1 aliphatic rings. The second-order valence-corrected chi connectivity index (χ2v) is 5.95. The van der Waals surface area contributed by atoms with Crippen molar-refractivity contribution in [1.29, 1.82) is 0 Å². The highest BCUT2D eigenvalue weighted by atomic mass is 32.1. The monoisotopic (exact) mass is 310 g/mol. The van der Waals surface area contributed by atoms with Gasteiger partial charge in [0.05, 0.1) is 22.3 Å². The summed E-state index contributed by atoms with van der Waals surface area (Å²) in [6.07, 6.45) is 0. The predicted octanol–water partition coefficient (Wildman–Crippen LogP) is 1.77. The van der Waals surface area contributed by atoms with Crippen molar-refractivity contribution in [2.24, 2.45) is 0 Å². The first-order valence-corrected chi connectivity index (χ1v) is 7.66. The molecular weight excluding hydrogens is 299 g/mol. The van der Waals surface area contributed by atoms with Crippen LogP contribution in [0.1, 0.15) is 15.9 Å². The van der Waals surface area contributed by atoms with E-state index in [4.69, 9.17) is 4.65 Å². The van der Waals surface area contributed by atoms with Crippen LogP contribution in [0.3, 0.4) is 0 Å². The van der Waals surface area contributed by atoms with E-state index in [0.717, 1.165) is 21.5 Å². The third-order valence-corrected chi connectivity index (χ3v) is 4.45. The number of fused-ring (bicyclic) bond motifs is 2. The van der Waals surface area contributed by atoms with Crippen LogP contribution in [0.15, 0.2) is 41.9 Å². The Hall–Kier alpha value is -2.22. The van der Waals surface area contributed by atoms with E-state index >= 15 is 0 Å². The first-order chi connectivity index (χ1) is 10.7. The minimum Gasteiger partial charge on any atom is -0.423 e. The van der Waals surface area contributed by atoms with Gasteiger partial charge in [-0.15, -0.1) is 11.3 Å². The quantitative estimate of drug-likeness (QED) is 0.708. The van der Waals surface area contributed by atoms with Crippen LogP contribution in [-0.4, -0.2) is 23.0 Å². The number of amides is 1. The molecule has 1 amide bonds. The van der Waals surface area contributed by atoms with Crippen molar-refractivity contribution >= 4 is 45.7 Å². The smallest absolute Gasteiger partial charge is 0.423 e. The molecule has 1 aliphatic heterocycles. The Bertz CT molecular complexity index is 880. The van der Waals surface area contributed by atoms with Crippen molar-refractivity contribution in [3.8, 4) is 0 Å². The van der Waals surface area contributed by atoms with E-state index in [9.17, 15) is 9.82 Å². The number of nitrogens with zero attached hydrogens (tertiary/aromatic N) is 1. The van der Waals surface area contributed by atoms with Crippen LogP contribution in [0, 0.1) is 0 Å². The van der Waals surface area contributed by atoms with Gasteiger partial charge in [0.15, 0.2) is 0 Å². The number of hydrogen-bond acceptors (Lipinski definition) is 5. The Balaban J connectivity index is 1.60. The summed E-state index contributed by atoms with van der Waals surface area (Å²) in [6.45, 7) is 0.375. The average molecular weight is 310 g/mol. The molecule has 0 fully saturated rings. The lowest BCUT2D eigenvalue weighted by atomic mass is 9.79. The number of nitrogens with one attached hydrogen (secondary N) is 1. The molecule has 0 atom stereocenters. The lowest BCUT2D eigenvalue weighted by Gasteiger charge is -2.07. The highest BCUT2D eigenvalue weighted by Crippen LogP contribution is 2.22. The number of rotatable bonds is 2. The first-order valence-electron chi connectivity index (χ1n) is 6.78. The van der Waals surface area contributed by atoms with Gasteiger partial charge in [-0.1, -0.05) is 6.07 Å². The van der Waals surface area contributed by atoms with Crippen molar-refractivity contribution in [1.82, 2.24) is 4.98 Å². The van der Waals surface area contributed by atoms with Gasteiger partial charge in [-0.3, -0.25) is 4.79 Å². The van der Waals surface area contributed by atoms with Crippen molar-refractivity contribution in [3.05, 3.63) is 53.0 Å².